The van der Waals surface area contributed by atoms with Gasteiger partial charge in [0.05, 0.1) is 0 Å². The van der Waals surface area contributed by atoms with Crippen molar-refractivity contribution in [2.75, 3.05) is 6.54 Å². The zero-order valence-corrected chi connectivity index (χ0v) is 12.0. The summed E-state index contributed by atoms with van der Waals surface area (Å²) >= 11 is 3.36. The summed E-state index contributed by atoms with van der Waals surface area (Å²) in [5.74, 6) is 0.401. The monoisotopic (exact) mass is 299 g/mol. The molecule has 2 rings (SSSR count). The van der Waals surface area contributed by atoms with E-state index in [-0.39, 0.29) is 11.4 Å². The summed E-state index contributed by atoms with van der Waals surface area (Å²) in [7, 11) is 0. The normalized spacial score (nSPS) is 24.5. The van der Waals surface area contributed by atoms with Crippen molar-refractivity contribution in [1.82, 2.24) is 5.32 Å². The van der Waals surface area contributed by atoms with E-state index in [2.05, 4.69) is 35.1 Å². The van der Waals surface area contributed by atoms with Gasteiger partial charge in [0, 0.05) is 10.0 Å². The number of halogens is 2. The van der Waals surface area contributed by atoms with Gasteiger partial charge in [-0.25, -0.2) is 4.39 Å². The molecule has 1 N–H and O–H groups in total. The standard InChI is InChI=1S/C14H19BrFN/c1-10(2)14(4-3-5-17-14)9-11-6-12(15)8-13(16)7-11/h6-8,10,17H,3-5,9H2,1-2H3. The van der Waals surface area contributed by atoms with Crippen LogP contribution < -0.4 is 5.32 Å². The number of benzene rings is 1. The molecule has 1 aromatic carbocycles. The fourth-order valence-corrected chi connectivity index (χ4v) is 3.27. The van der Waals surface area contributed by atoms with Crippen LogP contribution in [0, 0.1) is 11.7 Å². The van der Waals surface area contributed by atoms with Crippen molar-refractivity contribution in [3.63, 3.8) is 0 Å². The molecule has 0 amide bonds. The number of hydrogen-bond acceptors (Lipinski definition) is 1. The van der Waals surface area contributed by atoms with Gasteiger partial charge in [-0.15, -0.1) is 0 Å². The molecular formula is C14H19BrFN. The van der Waals surface area contributed by atoms with Gasteiger partial charge in [-0.1, -0.05) is 29.8 Å². The second-order valence-corrected chi connectivity index (χ2v) is 6.21. The molecule has 17 heavy (non-hydrogen) atoms. The van der Waals surface area contributed by atoms with Crippen LogP contribution in [-0.4, -0.2) is 12.1 Å². The van der Waals surface area contributed by atoms with Gasteiger partial charge in [-0.3, -0.25) is 0 Å². The van der Waals surface area contributed by atoms with Gasteiger partial charge in [0.2, 0.25) is 0 Å². The van der Waals surface area contributed by atoms with Crippen LogP contribution in [0.2, 0.25) is 0 Å². The van der Waals surface area contributed by atoms with Crippen molar-refractivity contribution in [3.05, 3.63) is 34.1 Å². The molecule has 1 heterocycles. The first-order chi connectivity index (χ1) is 8.02. The third kappa shape index (κ3) is 2.89. The Hall–Kier alpha value is -0.410. The van der Waals surface area contributed by atoms with Crippen LogP contribution in [0.5, 0.6) is 0 Å². The number of nitrogens with one attached hydrogen (secondary N) is 1. The second-order valence-electron chi connectivity index (χ2n) is 5.30. The summed E-state index contributed by atoms with van der Waals surface area (Å²) in [6.07, 6.45) is 3.30. The van der Waals surface area contributed by atoms with E-state index < -0.39 is 0 Å². The maximum absolute atomic E-state index is 13.4. The lowest BCUT2D eigenvalue weighted by Gasteiger charge is -2.34. The smallest absolute Gasteiger partial charge is 0.124 e. The van der Waals surface area contributed by atoms with Crippen LogP contribution in [0.25, 0.3) is 0 Å². The van der Waals surface area contributed by atoms with E-state index in [0.29, 0.717) is 5.92 Å². The molecule has 94 valence electrons. The average Bonchev–Trinajstić information content (AvgIpc) is 2.65. The van der Waals surface area contributed by atoms with Crippen molar-refractivity contribution in [2.45, 2.75) is 38.6 Å². The summed E-state index contributed by atoms with van der Waals surface area (Å²) < 4.78 is 14.2. The lowest BCUT2D eigenvalue weighted by atomic mass is 9.80. The van der Waals surface area contributed by atoms with E-state index in [0.717, 1.165) is 23.0 Å². The van der Waals surface area contributed by atoms with Gasteiger partial charge < -0.3 is 5.32 Å². The topological polar surface area (TPSA) is 12.0 Å². The molecule has 1 atom stereocenters. The Morgan fingerprint density at radius 3 is 2.71 bits per heavy atom. The summed E-state index contributed by atoms with van der Waals surface area (Å²) in [6.45, 7) is 5.56. The van der Waals surface area contributed by atoms with E-state index in [9.17, 15) is 4.39 Å². The molecule has 1 nitrogen and oxygen atoms in total. The first-order valence-corrected chi connectivity index (χ1v) is 7.01. The first-order valence-electron chi connectivity index (χ1n) is 6.22. The highest BCUT2D eigenvalue weighted by Gasteiger charge is 2.36. The molecule has 1 saturated heterocycles. The molecule has 0 bridgehead atoms. The minimum absolute atomic E-state index is 0.146. The van der Waals surface area contributed by atoms with Crippen LogP contribution in [0.1, 0.15) is 32.3 Å². The van der Waals surface area contributed by atoms with Crippen molar-refractivity contribution in [3.8, 4) is 0 Å². The molecular weight excluding hydrogens is 281 g/mol. The van der Waals surface area contributed by atoms with E-state index in [1.165, 1.54) is 18.9 Å². The van der Waals surface area contributed by atoms with Gasteiger partial charge in [0.15, 0.2) is 0 Å². The Morgan fingerprint density at radius 2 is 2.18 bits per heavy atom. The first kappa shape index (κ1) is 13.0. The Balaban J connectivity index is 2.23. The highest BCUT2D eigenvalue weighted by atomic mass is 79.9. The lowest BCUT2D eigenvalue weighted by Crippen LogP contribution is -2.46. The molecule has 1 aliphatic heterocycles. The third-order valence-corrected chi connectivity index (χ3v) is 4.28. The van der Waals surface area contributed by atoms with E-state index in [1.807, 2.05) is 6.07 Å². The molecule has 1 unspecified atom stereocenters. The average molecular weight is 300 g/mol. The van der Waals surface area contributed by atoms with Gasteiger partial charge in [0.25, 0.3) is 0 Å². The molecule has 0 aromatic heterocycles. The van der Waals surface area contributed by atoms with Crippen LogP contribution in [0.3, 0.4) is 0 Å². The largest absolute Gasteiger partial charge is 0.311 e. The number of rotatable bonds is 3. The molecule has 1 fully saturated rings. The summed E-state index contributed by atoms with van der Waals surface area (Å²) in [4.78, 5) is 0. The summed E-state index contributed by atoms with van der Waals surface area (Å²) in [5.41, 5.74) is 1.22. The molecule has 1 aromatic rings. The molecule has 0 aliphatic carbocycles. The van der Waals surface area contributed by atoms with Gasteiger partial charge in [-0.05, 0) is 55.5 Å². The second kappa shape index (κ2) is 5.07. The van der Waals surface area contributed by atoms with Crippen molar-refractivity contribution >= 4 is 15.9 Å². The Labute approximate surface area is 111 Å². The fourth-order valence-electron chi connectivity index (χ4n) is 2.75. The van der Waals surface area contributed by atoms with E-state index >= 15 is 0 Å². The van der Waals surface area contributed by atoms with Crippen LogP contribution in [0.15, 0.2) is 22.7 Å². The van der Waals surface area contributed by atoms with Crippen molar-refractivity contribution in [2.24, 2.45) is 5.92 Å². The van der Waals surface area contributed by atoms with Gasteiger partial charge in [-0.2, -0.15) is 0 Å². The minimum Gasteiger partial charge on any atom is -0.311 e. The molecule has 0 saturated carbocycles. The van der Waals surface area contributed by atoms with E-state index in [4.69, 9.17) is 0 Å². The Morgan fingerprint density at radius 1 is 1.41 bits per heavy atom. The van der Waals surface area contributed by atoms with Crippen LogP contribution >= 0.6 is 15.9 Å². The summed E-state index contributed by atoms with van der Waals surface area (Å²) in [6, 6.07) is 5.18. The molecule has 3 heteroatoms. The molecule has 0 radical (unpaired) electrons. The fraction of sp³-hybridized carbons (Fsp3) is 0.571. The Kier molecular flexibility index (Phi) is 3.88. The summed E-state index contributed by atoms with van der Waals surface area (Å²) in [5, 5.41) is 3.62. The predicted molar refractivity (Wildman–Crippen MR) is 72.6 cm³/mol. The predicted octanol–water partition coefficient (Wildman–Crippen LogP) is 3.91. The highest BCUT2D eigenvalue weighted by molar-refractivity contribution is 9.10. The van der Waals surface area contributed by atoms with Crippen LogP contribution in [0.4, 0.5) is 4.39 Å². The quantitative estimate of drug-likeness (QED) is 0.892. The van der Waals surface area contributed by atoms with Gasteiger partial charge in [0.1, 0.15) is 5.82 Å². The zero-order valence-electron chi connectivity index (χ0n) is 10.4. The van der Waals surface area contributed by atoms with Crippen molar-refractivity contribution < 1.29 is 4.39 Å². The van der Waals surface area contributed by atoms with Crippen molar-refractivity contribution in [1.29, 1.82) is 0 Å². The lowest BCUT2D eigenvalue weighted by molar-refractivity contribution is 0.269. The Bertz CT molecular complexity index is 377. The minimum atomic E-state index is -0.161. The van der Waals surface area contributed by atoms with Gasteiger partial charge >= 0.3 is 0 Å². The molecule has 0 spiro atoms. The maximum Gasteiger partial charge on any atom is 0.124 e. The van der Waals surface area contributed by atoms with Crippen LogP contribution in [-0.2, 0) is 6.42 Å². The van der Waals surface area contributed by atoms with E-state index in [1.54, 1.807) is 6.07 Å². The third-order valence-electron chi connectivity index (χ3n) is 3.82. The number of hydrogen-bond donors (Lipinski definition) is 1. The zero-order chi connectivity index (χ0) is 12.5. The highest BCUT2D eigenvalue weighted by Crippen LogP contribution is 2.32. The SMILES string of the molecule is CC(C)C1(Cc2cc(F)cc(Br)c2)CCCN1. The maximum atomic E-state index is 13.4. The molecule has 1 aliphatic rings.